The number of hydrogen-bond donors (Lipinski definition) is 37. The quantitative estimate of drug-likeness (QED) is 0.0272. The first-order valence-corrected chi connectivity index (χ1v) is 48.0. The van der Waals surface area contributed by atoms with Crippen LogP contribution in [0.15, 0.2) is 0 Å². The molecule has 0 unspecified atom stereocenters. The number of carbonyl (C=O) groups excluding carboxylic acids is 6. The van der Waals surface area contributed by atoms with Crippen molar-refractivity contribution in [3.8, 4) is 0 Å². The molecule has 60 atom stereocenters. The highest BCUT2D eigenvalue weighted by Crippen LogP contribution is 2.43. The number of amides is 6. The van der Waals surface area contributed by atoms with Gasteiger partial charge < -0.3 is 299 Å². The lowest BCUT2D eigenvalue weighted by Gasteiger charge is -2.52. The van der Waals surface area contributed by atoms with E-state index in [9.17, 15) is 187 Å². The number of hydrogen-bond acceptors (Lipinski definition) is 60. The second kappa shape index (κ2) is 54.0. The zero-order valence-corrected chi connectivity index (χ0v) is 81.1. The van der Waals surface area contributed by atoms with Crippen molar-refractivity contribution in [1.82, 2.24) is 31.9 Å². The maximum atomic E-state index is 13.6. The largest absolute Gasteiger partial charge is 0.394 e. The van der Waals surface area contributed by atoms with E-state index in [1.807, 2.05) is 0 Å². The van der Waals surface area contributed by atoms with Crippen LogP contribution in [0.2, 0.25) is 0 Å². The highest BCUT2D eigenvalue weighted by atomic mass is 16.8. The molecule has 0 aromatic heterocycles. The van der Waals surface area contributed by atoms with Gasteiger partial charge in [0.2, 0.25) is 35.4 Å². The molecule has 12 aliphatic rings. The lowest BCUT2D eigenvalue weighted by atomic mass is 9.93. The Labute approximate surface area is 849 Å². The molecule has 6 amide bonds. The summed E-state index contributed by atoms with van der Waals surface area (Å²) in [6, 6.07) is -12.2. The second-order valence-electron chi connectivity index (χ2n) is 38.1. The minimum absolute atomic E-state index is 0.867. The Hall–Kier alpha value is -5.34. The van der Waals surface area contributed by atoms with E-state index in [0.717, 1.165) is 41.5 Å². The highest BCUT2D eigenvalue weighted by molar-refractivity contribution is 5.75. The van der Waals surface area contributed by atoms with E-state index < -0.39 is 476 Å². The van der Waals surface area contributed by atoms with Gasteiger partial charge in [0.1, 0.15) is 287 Å². The van der Waals surface area contributed by atoms with Gasteiger partial charge in [0.15, 0.2) is 75.5 Å². The summed E-state index contributed by atoms with van der Waals surface area (Å²) in [4.78, 5) is 79.3. The van der Waals surface area contributed by atoms with Crippen LogP contribution in [0.5, 0.6) is 0 Å². The van der Waals surface area contributed by atoms with E-state index in [2.05, 4.69) is 31.9 Å². The molecule has 0 radical (unpaired) electrons. The van der Waals surface area contributed by atoms with E-state index in [-0.39, 0.29) is 0 Å². The summed E-state index contributed by atoms with van der Waals surface area (Å²) in [7, 11) is 0. The van der Waals surface area contributed by atoms with Crippen molar-refractivity contribution in [2.45, 2.75) is 417 Å². The fraction of sp³-hybridized carbons (Fsp3) is 0.929. The molecule has 0 saturated carbocycles. The second-order valence-corrected chi connectivity index (χ2v) is 38.1. The molecular formula is C84H140N6O60. The van der Waals surface area contributed by atoms with Gasteiger partial charge in [-0.2, -0.15) is 0 Å². The topological polar surface area (TPSA) is 1010 Å². The fourth-order valence-electron chi connectivity index (χ4n) is 19.5. The van der Waals surface area contributed by atoms with Crippen LogP contribution in [-0.4, -0.2) is 635 Å². The van der Waals surface area contributed by atoms with Crippen LogP contribution in [0, 0.1) is 0 Å². The zero-order valence-electron chi connectivity index (χ0n) is 81.1. The number of aliphatic hydroxyl groups excluding tert-OH is 31. The van der Waals surface area contributed by atoms with E-state index in [4.69, 9.17) is 109 Å². The van der Waals surface area contributed by atoms with Crippen LogP contribution in [-0.2, 0) is 138 Å². The monoisotopic (exact) mass is 2190 g/mol. The maximum Gasteiger partial charge on any atom is 0.217 e. The van der Waals surface area contributed by atoms with Crippen LogP contribution in [0.4, 0.5) is 0 Å². The minimum atomic E-state index is -2.88. The number of nitrogens with one attached hydrogen (secondary N) is 6. The SMILES string of the molecule is CC(=O)N[C@@H]1[C@@H](O)[C@H](O[C@@H]2O[C@H](CO)[C@@H](O[C@@H]3O[C@H](CO[C@H]4O[C@H](CO[C@@H]5O[C@H](CO)[C@@H](O[C@@H]6O[C@H](CO)[C@H](O)[C@H](O)[C@H]6O)[C@H](O)[C@H]5NC(C)=O)[C@@H](O)[C@H](O)[C@@H]4O[C@@H]4O[C@H](CO)[C@@H](O[C@@H]5O[C@H](CO)[C@H](O)[C@H](O)[C@H]5O)[C@H](O)[C@H]4NC(C)=O)[C@@H](O[C@@H]4O[C@H](CO)[C@@H](O)[C@H](O)[C@H]4NC(C)=O)[C@H](O[C@H]4O[C@H](CO)[C@@H](O)[C@H](O)[C@@H]4O[C@@H]4O[C@H](CO)[C@@H](O)[C@H](O)[C@H]4NC(C)=O)[C@@H]3O)[C@H](O)[C@H]2NC(C)=O)[C@@H](CO[C@@H]2O[C@@H](C)[C@@H](O)[C@@H](O)[C@@H]2O)O[C@H]1O. The molecule has 0 bridgehead atoms. The van der Waals surface area contributed by atoms with Crippen LogP contribution >= 0.6 is 0 Å². The Morgan fingerprint density at radius 2 is 0.420 bits per heavy atom. The van der Waals surface area contributed by atoms with Gasteiger partial charge in [0, 0.05) is 41.5 Å². The average molecular weight is 2190 g/mol. The lowest BCUT2D eigenvalue weighted by molar-refractivity contribution is -0.408. The van der Waals surface area contributed by atoms with Gasteiger partial charge in [-0.05, 0) is 6.92 Å². The van der Waals surface area contributed by atoms with E-state index in [1.54, 1.807) is 0 Å². The van der Waals surface area contributed by atoms with Crippen LogP contribution in [0.25, 0.3) is 0 Å². The summed E-state index contributed by atoms with van der Waals surface area (Å²) in [6.07, 6.45) is -119. The zero-order chi connectivity index (χ0) is 110. The molecule has 0 spiro atoms. The number of rotatable bonds is 39. The fourth-order valence-corrected chi connectivity index (χ4v) is 19.5. The molecule has 0 aromatic carbocycles. The molecule has 12 rings (SSSR count). The van der Waals surface area contributed by atoms with E-state index in [0.29, 0.717) is 0 Å². The van der Waals surface area contributed by atoms with Gasteiger partial charge in [-0.1, -0.05) is 0 Å². The third kappa shape index (κ3) is 27.7. The Balaban J connectivity index is 0.986. The summed E-state index contributed by atoms with van der Waals surface area (Å²) in [5, 5.41) is 368. The number of carbonyl (C=O) groups is 6. The van der Waals surface area contributed by atoms with Crippen molar-refractivity contribution >= 4 is 35.4 Å². The Kier molecular flexibility index (Phi) is 44.4. The third-order valence-corrected chi connectivity index (χ3v) is 27.4. The molecule has 866 valence electrons. The molecule has 0 aliphatic carbocycles. The maximum absolute atomic E-state index is 13.6. The van der Waals surface area contributed by atoms with Crippen LogP contribution in [0.1, 0.15) is 48.5 Å². The Morgan fingerprint density at radius 1 is 0.187 bits per heavy atom. The van der Waals surface area contributed by atoms with Crippen molar-refractivity contribution in [3.05, 3.63) is 0 Å². The van der Waals surface area contributed by atoms with Crippen molar-refractivity contribution in [2.75, 3.05) is 72.7 Å². The minimum Gasteiger partial charge on any atom is -0.394 e. The smallest absolute Gasteiger partial charge is 0.217 e. The van der Waals surface area contributed by atoms with E-state index >= 15 is 0 Å². The van der Waals surface area contributed by atoms with Gasteiger partial charge in [0.05, 0.1) is 78.8 Å². The first-order valence-electron chi connectivity index (χ1n) is 48.0. The lowest BCUT2D eigenvalue weighted by Crippen LogP contribution is -2.71. The standard InChI is InChI=1S/C84H140N6O60/c1-19-43(105)56(118)61(123)79(131-19)129-17-35-68(52(114)37(73(127)132-35)85-20(2)99)143-77-41(89-24(6)103)54(116)67(33(15-98)139-77)146-82-64(126)70(148-84-72(59(121)48(110)30(12-95)137-84)150-76-39(87-22(4)101)51(113)45(107)27(9-92)134-76)69(147-75-38(86-21(3)100)50(112)44(106)26(8-91)133-75)36(142-82)18-130-83-71(149-78-42(90-25(7)104)55(117)66(32(14-97)140-78)145-81-63(125)58(120)47(109)29(11-94)136-81)60(122)49(111)34(141-83)16-128-74-40(88-23(5)102)53(115)65(31(13-96)138-74)144-80-62(124)57(119)46(108)28(10-93)135-80/h19,26-84,91-98,105-127H,8-18H2,1-7H3,(H,85,99)(H,86,100)(H,87,101)(H,88,102)(H,89,103)(H,90,104)/t19-,26+,27+,28+,29+,30+,31+,32+,33+,34+,35+,36+,37+,38+,39+,40+,41+,42+,43+,44+,45+,46-,47-,48+,49+,50+,51+,52+,53+,54+,55+,56+,57-,58-,59-,60-,61-,62+,63+,64-,65+,66+,67+,68+,69+,70+,71-,72-,73+,74+,75-,76-,77-,78-,79+,80-,81-,82-,83-,84+/m0/s1. The molecular weight excluding hydrogens is 2050 g/mol. The first-order chi connectivity index (χ1) is 70.9. The van der Waals surface area contributed by atoms with Gasteiger partial charge in [-0.15, -0.1) is 0 Å². The molecule has 12 aliphatic heterocycles. The number of ether oxygens (including phenoxy) is 23. The predicted octanol–water partition coefficient (Wildman–Crippen LogP) is -25.3. The van der Waals surface area contributed by atoms with Crippen LogP contribution < -0.4 is 31.9 Å². The van der Waals surface area contributed by atoms with Crippen molar-refractivity contribution < 1.29 is 296 Å². The Bertz CT molecular complexity index is 4240. The van der Waals surface area contributed by atoms with Gasteiger partial charge in [0.25, 0.3) is 0 Å². The van der Waals surface area contributed by atoms with Crippen molar-refractivity contribution in [2.24, 2.45) is 0 Å². The molecule has 12 saturated heterocycles. The molecule has 12 fully saturated rings. The van der Waals surface area contributed by atoms with Crippen LogP contribution in [0.3, 0.4) is 0 Å². The summed E-state index contributed by atoms with van der Waals surface area (Å²) in [5.74, 6) is -6.08. The molecule has 0 aromatic rings. The van der Waals surface area contributed by atoms with Gasteiger partial charge in [-0.3, -0.25) is 28.8 Å². The summed E-state index contributed by atoms with van der Waals surface area (Å²) >= 11 is 0. The highest BCUT2D eigenvalue weighted by Gasteiger charge is 2.64. The van der Waals surface area contributed by atoms with Crippen molar-refractivity contribution in [1.29, 1.82) is 0 Å². The predicted molar refractivity (Wildman–Crippen MR) is 463 cm³/mol. The molecule has 66 nitrogen and oxygen atoms in total. The summed E-state index contributed by atoms with van der Waals surface area (Å²) in [5.41, 5.74) is 0. The molecule has 66 heteroatoms. The van der Waals surface area contributed by atoms with E-state index in [1.165, 1.54) is 6.92 Å². The average Bonchev–Trinajstić information content (AvgIpc) is 0.754. The third-order valence-electron chi connectivity index (χ3n) is 27.4. The molecule has 12 heterocycles. The molecule has 37 N–H and O–H groups in total. The van der Waals surface area contributed by atoms with Gasteiger partial charge >= 0.3 is 0 Å². The first kappa shape index (κ1) is 123. The summed E-state index contributed by atoms with van der Waals surface area (Å²) in [6.45, 7) is -6.61. The number of aliphatic hydroxyl groups is 31. The van der Waals surface area contributed by atoms with Gasteiger partial charge in [-0.25, -0.2) is 0 Å². The Morgan fingerprint density at radius 3 is 0.813 bits per heavy atom. The normalized spacial score (nSPS) is 48.8. The molecule has 150 heavy (non-hydrogen) atoms. The van der Waals surface area contributed by atoms with Crippen molar-refractivity contribution in [3.63, 3.8) is 0 Å². The summed E-state index contributed by atoms with van der Waals surface area (Å²) < 4.78 is 141.